The Kier molecular flexibility index (Phi) is 7.16. The number of hydrogen-bond acceptors (Lipinski definition) is 9. The smallest absolute Gasteiger partial charge is 0.453 e. The van der Waals surface area contributed by atoms with Crippen molar-refractivity contribution in [2.45, 2.75) is 16.2 Å². The van der Waals surface area contributed by atoms with Crippen LogP contribution >= 0.6 is 11.8 Å². The Labute approximate surface area is 185 Å². The molecule has 11 nitrogen and oxygen atoms in total. The summed E-state index contributed by atoms with van der Waals surface area (Å²) in [4.78, 5) is 12.3. The second-order valence-electron chi connectivity index (χ2n) is 6.39. The fourth-order valence-corrected chi connectivity index (χ4v) is 4.86. The van der Waals surface area contributed by atoms with Gasteiger partial charge in [0.2, 0.25) is 21.1 Å². The first-order chi connectivity index (χ1) is 15.0. The van der Waals surface area contributed by atoms with Crippen LogP contribution in [0.15, 0.2) is 28.3 Å². The number of morpholine rings is 1. The number of nitrogens with one attached hydrogen (secondary N) is 1. The van der Waals surface area contributed by atoms with Gasteiger partial charge in [0, 0.05) is 13.1 Å². The Morgan fingerprint density at radius 2 is 2.00 bits per heavy atom. The number of aromatic nitrogens is 3. The van der Waals surface area contributed by atoms with Gasteiger partial charge in [-0.15, -0.1) is 10.2 Å². The molecule has 176 valence electrons. The van der Waals surface area contributed by atoms with E-state index in [0.717, 1.165) is 0 Å². The maximum Gasteiger partial charge on any atom is 0.453 e. The number of rotatable bonds is 7. The number of methoxy groups -OCH3 is 1. The molecule has 1 amide bonds. The number of carbonyl (C=O) groups is 1. The zero-order valence-electron chi connectivity index (χ0n) is 16.6. The molecule has 1 aromatic carbocycles. The summed E-state index contributed by atoms with van der Waals surface area (Å²) in [7, 11) is -2.48. The first-order valence-corrected chi connectivity index (χ1v) is 11.4. The second kappa shape index (κ2) is 9.51. The molecule has 16 heteroatoms. The zero-order chi connectivity index (χ0) is 23.5. The van der Waals surface area contributed by atoms with Crippen molar-refractivity contribution in [1.82, 2.24) is 19.2 Å². The van der Waals surface area contributed by atoms with Gasteiger partial charge in [-0.1, -0.05) is 11.8 Å². The van der Waals surface area contributed by atoms with Crippen LogP contribution in [0.5, 0.6) is 5.75 Å². The standard InChI is InChI=1S/C16H19F3N6O5S2/c1-29-12-3-2-10(32(27,28)24-4-6-30-7-5-24)8-11(12)21-13(26)9-31-15-23-22-14(25(15)20)16(17,18)19/h2-3,8H,4-7,9,20H2,1H3,(H,21,26). The molecule has 0 saturated carbocycles. The van der Waals surface area contributed by atoms with E-state index in [1.807, 2.05) is 0 Å². The van der Waals surface area contributed by atoms with Gasteiger partial charge in [0.25, 0.3) is 5.82 Å². The van der Waals surface area contributed by atoms with Crippen molar-refractivity contribution in [1.29, 1.82) is 0 Å². The molecule has 0 radical (unpaired) electrons. The SMILES string of the molecule is COc1ccc(S(=O)(=O)N2CCOCC2)cc1NC(=O)CSc1nnc(C(F)(F)F)n1N. The highest BCUT2D eigenvalue weighted by atomic mass is 32.2. The number of hydrogen-bond donors (Lipinski definition) is 2. The minimum atomic E-state index is -4.79. The van der Waals surface area contributed by atoms with Gasteiger partial charge in [-0.25, -0.2) is 13.1 Å². The highest BCUT2D eigenvalue weighted by molar-refractivity contribution is 7.99. The Hall–Kier alpha value is -2.56. The van der Waals surface area contributed by atoms with Gasteiger partial charge in [-0.3, -0.25) is 4.79 Å². The molecule has 1 aliphatic heterocycles. The van der Waals surface area contributed by atoms with Gasteiger partial charge in [0.15, 0.2) is 0 Å². The summed E-state index contributed by atoms with van der Waals surface area (Å²) in [5.74, 6) is 3.12. The lowest BCUT2D eigenvalue weighted by atomic mass is 10.3. The van der Waals surface area contributed by atoms with E-state index < -0.39 is 27.9 Å². The highest BCUT2D eigenvalue weighted by Crippen LogP contribution is 2.31. The van der Waals surface area contributed by atoms with Crippen LogP contribution in [0.2, 0.25) is 0 Å². The van der Waals surface area contributed by atoms with E-state index in [9.17, 15) is 26.4 Å². The van der Waals surface area contributed by atoms with Crippen LogP contribution in [0.25, 0.3) is 0 Å². The third-order valence-corrected chi connectivity index (χ3v) is 7.14. The first-order valence-electron chi connectivity index (χ1n) is 9.00. The van der Waals surface area contributed by atoms with Gasteiger partial charge in [-0.2, -0.15) is 17.5 Å². The molecule has 1 fully saturated rings. The zero-order valence-corrected chi connectivity index (χ0v) is 18.3. The molecule has 1 aliphatic rings. The molecule has 0 spiro atoms. The lowest BCUT2D eigenvalue weighted by Crippen LogP contribution is -2.40. The third kappa shape index (κ3) is 5.25. The largest absolute Gasteiger partial charge is 0.495 e. The fraction of sp³-hybridized carbons (Fsp3) is 0.438. The summed E-state index contributed by atoms with van der Waals surface area (Å²) in [6, 6.07) is 3.99. The summed E-state index contributed by atoms with van der Waals surface area (Å²) in [6.45, 7) is 0.953. The first kappa shape index (κ1) is 24.1. The number of ether oxygens (including phenoxy) is 2. The minimum Gasteiger partial charge on any atom is -0.495 e. The van der Waals surface area contributed by atoms with E-state index in [-0.39, 0.29) is 58.2 Å². The van der Waals surface area contributed by atoms with Crippen LogP contribution in [0.1, 0.15) is 5.82 Å². The topological polar surface area (TPSA) is 142 Å². The number of nitrogen functional groups attached to an aromatic ring is 1. The van der Waals surface area contributed by atoms with E-state index in [4.69, 9.17) is 15.3 Å². The molecule has 0 aliphatic carbocycles. The van der Waals surface area contributed by atoms with Crippen molar-refractivity contribution in [3.63, 3.8) is 0 Å². The summed E-state index contributed by atoms with van der Waals surface area (Å²) in [5, 5.41) is 8.47. The Balaban J connectivity index is 1.73. The van der Waals surface area contributed by atoms with Crippen LogP contribution in [0.4, 0.5) is 18.9 Å². The van der Waals surface area contributed by atoms with Crippen LogP contribution < -0.4 is 15.9 Å². The number of nitrogens with zero attached hydrogens (tertiary/aromatic N) is 4. The number of nitrogens with two attached hydrogens (primary N) is 1. The summed E-state index contributed by atoms with van der Waals surface area (Å²) >= 11 is 0.628. The monoisotopic (exact) mass is 496 g/mol. The quantitative estimate of drug-likeness (QED) is 0.420. The number of carbonyl (C=O) groups excluding carboxylic acids is 1. The Morgan fingerprint density at radius 3 is 2.59 bits per heavy atom. The number of anilines is 1. The molecule has 0 atom stereocenters. The highest BCUT2D eigenvalue weighted by Gasteiger charge is 2.38. The lowest BCUT2D eigenvalue weighted by molar-refractivity contribution is -0.146. The molecule has 1 aromatic heterocycles. The Bertz CT molecular complexity index is 1090. The molecule has 2 heterocycles. The fourth-order valence-electron chi connectivity index (χ4n) is 2.77. The summed E-state index contributed by atoms with van der Waals surface area (Å²) in [6.07, 6.45) is -4.79. The van der Waals surface area contributed by atoms with Crippen molar-refractivity contribution in [3.05, 3.63) is 24.0 Å². The maximum absolute atomic E-state index is 12.8. The minimum absolute atomic E-state index is 0.0559. The lowest BCUT2D eigenvalue weighted by Gasteiger charge is -2.26. The number of sulfonamides is 1. The molecule has 0 unspecified atom stereocenters. The predicted octanol–water partition coefficient (Wildman–Crippen LogP) is 0.771. The van der Waals surface area contributed by atoms with Crippen molar-refractivity contribution >= 4 is 33.4 Å². The van der Waals surface area contributed by atoms with E-state index in [1.54, 1.807) is 0 Å². The third-order valence-electron chi connectivity index (χ3n) is 4.30. The molecule has 0 bridgehead atoms. The van der Waals surface area contributed by atoms with Crippen LogP contribution in [0.3, 0.4) is 0 Å². The van der Waals surface area contributed by atoms with Crippen LogP contribution in [-0.2, 0) is 25.7 Å². The number of amides is 1. The van der Waals surface area contributed by atoms with Gasteiger partial charge >= 0.3 is 6.18 Å². The molecular weight excluding hydrogens is 477 g/mol. The molecule has 3 N–H and O–H groups in total. The number of halogens is 3. The normalized spacial score (nSPS) is 15.5. The summed E-state index contributed by atoms with van der Waals surface area (Å²) in [5.41, 5.74) is 0.0811. The predicted molar refractivity (Wildman–Crippen MR) is 107 cm³/mol. The second-order valence-corrected chi connectivity index (χ2v) is 9.27. The molecule has 3 rings (SSSR count). The average Bonchev–Trinajstić information content (AvgIpc) is 3.13. The molecule has 2 aromatic rings. The number of thioether (sulfide) groups is 1. The van der Waals surface area contributed by atoms with E-state index in [2.05, 4.69) is 15.5 Å². The van der Waals surface area contributed by atoms with E-state index in [0.29, 0.717) is 11.8 Å². The van der Waals surface area contributed by atoms with Crippen LogP contribution in [-0.4, -0.2) is 72.7 Å². The molecular formula is C16H19F3N6O5S2. The summed E-state index contributed by atoms with van der Waals surface area (Å²) < 4.78 is 75.7. The van der Waals surface area contributed by atoms with Crippen molar-refractivity contribution in [2.24, 2.45) is 0 Å². The van der Waals surface area contributed by atoms with Gasteiger partial charge in [-0.05, 0) is 18.2 Å². The van der Waals surface area contributed by atoms with Crippen molar-refractivity contribution in [2.75, 3.05) is 50.3 Å². The Morgan fingerprint density at radius 1 is 1.31 bits per heavy atom. The van der Waals surface area contributed by atoms with Gasteiger partial charge in [0.1, 0.15) is 5.75 Å². The number of alkyl halides is 3. The molecule has 1 saturated heterocycles. The van der Waals surface area contributed by atoms with Crippen molar-refractivity contribution < 1.29 is 35.9 Å². The number of benzene rings is 1. The maximum atomic E-state index is 12.8. The van der Waals surface area contributed by atoms with Gasteiger partial charge in [0.05, 0.1) is 36.7 Å². The molecule has 32 heavy (non-hydrogen) atoms. The van der Waals surface area contributed by atoms with E-state index >= 15 is 0 Å². The van der Waals surface area contributed by atoms with Crippen LogP contribution in [0, 0.1) is 0 Å². The van der Waals surface area contributed by atoms with E-state index in [1.165, 1.54) is 29.6 Å². The van der Waals surface area contributed by atoms with Crippen molar-refractivity contribution in [3.8, 4) is 5.75 Å². The average molecular weight is 496 g/mol. The van der Waals surface area contributed by atoms with Gasteiger partial charge < -0.3 is 20.6 Å².